The van der Waals surface area contributed by atoms with Gasteiger partial charge < -0.3 is 4.90 Å². The third kappa shape index (κ3) is 4.63. The van der Waals surface area contributed by atoms with Crippen molar-refractivity contribution in [2.45, 2.75) is 0 Å². The Hall–Kier alpha value is -5.70. The number of benzene rings is 8. The first-order valence-electron chi connectivity index (χ1n) is 23.2. The molecule has 0 spiro atoms. The molecule has 2 heteroatoms. The molecular weight excluding hydrogens is 575 g/mol. The van der Waals surface area contributed by atoms with Crippen LogP contribution in [0.2, 0.25) is 0 Å². The molecule has 1 nitrogen and oxygen atoms in total. The molecule has 0 saturated heterocycles. The number of thiophene rings is 1. The summed E-state index contributed by atoms with van der Waals surface area (Å²) >= 11 is 1.63. The Balaban J connectivity index is 1.39. The SMILES string of the molecule is [2H]c1c([2H])c([2H])c(-c2c([2H])c([2H])c(N(c3ccc4ccc5cc6sc7ccccc7c6cc5c4c3)c3c([2H])c([2H])c(-c4c([2H])c([2H])c([2H])c([2H])c4[2H])c([2H])c3[2H])c([2H])c2[2H])c([2H])c1[2H]. The van der Waals surface area contributed by atoms with E-state index >= 15 is 0 Å². The molecule has 46 heavy (non-hydrogen) atoms. The first-order valence-corrected chi connectivity index (χ1v) is 15.0. The van der Waals surface area contributed by atoms with Crippen LogP contribution >= 0.6 is 11.3 Å². The Morgan fingerprint density at radius 3 is 1.59 bits per heavy atom. The van der Waals surface area contributed by atoms with Crippen molar-refractivity contribution in [1.82, 2.24) is 0 Å². The summed E-state index contributed by atoms with van der Waals surface area (Å²) in [6.07, 6.45) is 0. The van der Waals surface area contributed by atoms with Crippen LogP contribution in [0.15, 0.2) is 175 Å². The summed E-state index contributed by atoms with van der Waals surface area (Å²) in [4.78, 5) is 1.04. The molecule has 0 N–H and O–H groups in total. The van der Waals surface area contributed by atoms with Crippen LogP contribution in [-0.4, -0.2) is 0 Å². The van der Waals surface area contributed by atoms with Gasteiger partial charge in [-0.3, -0.25) is 0 Å². The van der Waals surface area contributed by atoms with Crippen molar-refractivity contribution in [2.75, 3.05) is 4.90 Å². The zero-order valence-electron chi connectivity index (χ0n) is 41.7. The minimum absolute atomic E-state index is 0.0583. The molecule has 0 unspecified atom stereocenters. The van der Waals surface area contributed by atoms with Crippen molar-refractivity contribution in [3.63, 3.8) is 0 Å². The summed E-state index contributed by atoms with van der Waals surface area (Å²) in [5, 5.41) is 5.02. The first-order chi connectivity index (χ1) is 30.3. The first kappa shape index (κ1) is 14.2. The Kier molecular flexibility index (Phi) is 3.39. The van der Waals surface area contributed by atoms with Gasteiger partial charge in [0.2, 0.25) is 0 Å². The van der Waals surface area contributed by atoms with E-state index in [1.807, 2.05) is 42.5 Å². The number of rotatable bonds is 5. The van der Waals surface area contributed by atoms with Crippen molar-refractivity contribution in [3.05, 3.63) is 175 Å². The highest BCUT2D eigenvalue weighted by atomic mass is 32.1. The second kappa shape index (κ2) is 11.0. The highest BCUT2D eigenvalue weighted by Gasteiger charge is 2.15. The van der Waals surface area contributed by atoms with Crippen LogP contribution in [0.3, 0.4) is 0 Å². The van der Waals surface area contributed by atoms with Gasteiger partial charge in [0.05, 0.1) is 24.7 Å². The van der Waals surface area contributed by atoms with E-state index in [0.29, 0.717) is 5.39 Å². The topological polar surface area (TPSA) is 3.24 Å². The predicted octanol–water partition coefficient (Wildman–Crippen LogP) is 13.2. The average Bonchev–Trinajstić information content (AvgIpc) is 3.65. The van der Waals surface area contributed by atoms with Gasteiger partial charge in [0.25, 0.3) is 0 Å². The van der Waals surface area contributed by atoms with Gasteiger partial charge >= 0.3 is 0 Å². The van der Waals surface area contributed by atoms with Gasteiger partial charge in [-0.15, -0.1) is 11.3 Å². The Morgan fingerprint density at radius 1 is 0.391 bits per heavy atom. The van der Waals surface area contributed by atoms with E-state index < -0.39 is 142 Å². The van der Waals surface area contributed by atoms with Crippen LogP contribution in [0.5, 0.6) is 0 Å². The van der Waals surface area contributed by atoms with E-state index in [4.69, 9.17) is 13.7 Å². The van der Waals surface area contributed by atoms with Crippen LogP contribution in [0, 0.1) is 0 Å². The summed E-state index contributed by atoms with van der Waals surface area (Å²) in [5.41, 5.74) is -3.48. The molecule has 8 aromatic carbocycles. The predicted molar refractivity (Wildman–Crippen MR) is 200 cm³/mol. The fourth-order valence-corrected chi connectivity index (χ4v) is 6.74. The zero-order valence-corrected chi connectivity index (χ0v) is 24.5. The van der Waals surface area contributed by atoms with E-state index in [1.54, 1.807) is 23.5 Å². The maximum Gasteiger partial charge on any atom is 0.0645 e. The van der Waals surface area contributed by atoms with Crippen LogP contribution in [0.1, 0.15) is 24.7 Å². The fraction of sp³-hybridized carbons (Fsp3) is 0. The number of fused-ring (bicyclic) bond motifs is 6. The molecule has 0 aliphatic heterocycles. The molecule has 216 valence electrons. The van der Waals surface area contributed by atoms with E-state index in [1.165, 1.54) is 6.07 Å². The summed E-state index contributed by atoms with van der Waals surface area (Å²) in [6.45, 7) is 0. The van der Waals surface area contributed by atoms with Gasteiger partial charge in [-0.25, -0.2) is 0 Å². The van der Waals surface area contributed by atoms with Crippen molar-refractivity contribution in [1.29, 1.82) is 0 Å². The molecule has 0 bridgehead atoms. The van der Waals surface area contributed by atoms with Crippen molar-refractivity contribution >= 4 is 70.1 Å². The molecule has 0 fully saturated rings. The van der Waals surface area contributed by atoms with E-state index in [2.05, 4.69) is 6.07 Å². The maximum atomic E-state index is 9.42. The van der Waals surface area contributed by atoms with Gasteiger partial charge in [0.15, 0.2) is 0 Å². The quantitative estimate of drug-likeness (QED) is 0.173. The lowest BCUT2D eigenvalue weighted by atomic mass is 9.98. The molecule has 1 aromatic heterocycles. The summed E-state index contributed by atoms with van der Waals surface area (Å²) < 4.78 is 160. The van der Waals surface area contributed by atoms with Crippen molar-refractivity contribution in [2.24, 2.45) is 0 Å². The average molecular weight is 622 g/mol. The highest BCUT2D eigenvalue weighted by Crippen LogP contribution is 2.41. The fourth-order valence-electron chi connectivity index (χ4n) is 5.61. The van der Waals surface area contributed by atoms with Crippen molar-refractivity contribution < 1.29 is 24.7 Å². The van der Waals surface area contributed by atoms with E-state index in [0.717, 1.165) is 41.2 Å². The third-order valence-corrected chi connectivity index (χ3v) is 8.88. The van der Waals surface area contributed by atoms with Gasteiger partial charge in [-0.2, -0.15) is 0 Å². The van der Waals surface area contributed by atoms with Gasteiger partial charge in [-0.1, -0.05) is 121 Å². The third-order valence-electron chi connectivity index (χ3n) is 7.75. The minimum Gasteiger partial charge on any atom is -0.310 e. The van der Waals surface area contributed by atoms with Gasteiger partial charge in [0, 0.05) is 37.2 Å². The molecule has 9 aromatic rings. The second-order valence-corrected chi connectivity index (χ2v) is 11.5. The second-order valence-electron chi connectivity index (χ2n) is 10.4. The largest absolute Gasteiger partial charge is 0.310 e. The van der Waals surface area contributed by atoms with Crippen LogP contribution < -0.4 is 4.90 Å². The number of anilines is 3. The minimum atomic E-state index is -0.830. The molecule has 0 saturated carbocycles. The lowest BCUT2D eigenvalue weighted by Gasteiger charge is -2.26. The molecule has 1 heterocycles. The van der Waals surface area contributed by atoms with Gasteiger partial charge in [-0.05, 0) is 98.3 Å². The summed E-state index contributed by atoms with van der Waals surface area (Å²) in [7, 11) is 0. The monoisotopic (exact) mass is 621 g/mol. The maximum absolute atomic E-state index is 9.42. The van der Waals surface area contributed by atoms with Crippen LogP contribution in [0.25, 0.3) is 64.0 Å². The van der Waals surface area contributed by atoms with E-state index in [9.17, 15) is 11.0 Å². The summed E-state index contributed by atoms with van der Waals surface area (Å²) in [6, 6.07) is 6.58. The van der Waals surface area contributed by atoms with Gasteiger partial charge in [0.1, 0.15) is 0 Å². The Morgan fingerprint density at radius 2 is 0.935 bits per heavy atom. The van der Waals surface area contributed by atoms with Crippen molar-refractivity contribution in [3.8, 4) is 22.3 Å². The Labute approximate surface area is 297 Å². The number of hydrogen-bond donors (Lipinski definition) is 0. The molecule has 0 radical (unpaired) electrons. The lowest BCUT2D eigenvalue weighted by molar-refractivity contribution is 1.29. The van der Waals surface area contributed by atoms with Crippen LogP contribution in [-0.2, 0) is 0 Å². The lowest BCUT2D eigenvalue weighted by Crippen LogP contribution is -2.09. The normalized spacial score (nSPS) is 17.0. The molecule has 0 aliphatic rings. The molecule has 0 amide bonds. The highest BCUT2D eigenvalue weighted by molar-refractivity contribution is 7.25. The number of hydrogen-bond acceptors (Lipinski definition) is 2. The summed E-state index contributed by atoms with van der Waals surface area (Å²) in [5.74, 6) is 0. The molecular formula is C44H29NS. The molecule has 0 aliphatic carbocycles. The molecule has 0 atom stereocenters. The molecule has 9 rings (SSSR count). The number of nitrogens with zero attached hydrogens (tertiary/aromatic N) is 1. The van der Waals surface area contributed by atoms with Crippen LogP contribution in [0.4, 0.5) is 17.1 Å². The zero-order chi connectivity index (χ0) is 46.1. The standard InChI is InChI=1S/C44H29NS/c1-3-9-30(10-4-1)32-17-22-36(23-18-32)45(37-24-19-33(20-25-37)31-11-5-2-6-12-31)38-26-21-34-15-16-35-27-44-42(29-41(35)40(34)28-38)39-13-7-8-14-43(39)46-44/h1-29H/i1D,2D,3D,4D,5D,6D,9D,10D,11D,12D,17D,18D,19D,20D,22D,23D,24D,25D. The van der Waals surface area contributed by atoms with E-state index in [-0.39, 0.29) is 5.69 Å². The smallest absolute Gasteiger partial charge is 0.0645 e. The Bertz CT molecular complexity index is 3310.